The monoisotopic (exact) mass is 257 g/mol. The molecular formula is C13H23NO4. The van der Waals surface area contributed by atoms with Crippen molar-refractivity contribution in [1.82, 2.24) is 5.32 Å². The summed E-state index contributed by atoms with van der Waals surface area (Å²) in [6.45, 7) is 3.90. The molecule has 0 saturated carbocycles. The van der Waals surface area contributed by atoms with Gasteiger partial charge >= 0.3 is 5.97 Å². The average molecular weight is 257 g/mol. The molecule has 0 aromatic heterocycles. The second-order valence-corrected chi connectivity index (χ2v) is 4.87. The van der Waals surface area contributed by atoms with Crippen LogP contribution in [-0.4, -0.2) is 51.1 Å². The lowest BCUT2D eigenvalue weighted by Crippen LogP contribution is -2.33. The highest BCUT2D eigenvalue weighted by molar-refractivity contribution is 5.69. The Labute approximate surface area is 108 Å². The van der Waals surface area contributed by atoms with Crippen LogP contribution in [0.1, 0.15) is 32.1 Å². The molecule has 2 heterocycles. The lowest BCUT2D eigenvalue weighted by Gasteiger charge is -2.24. The zero-order valence-electron chi connectivity index (χ0n) is 10.9. The molecule has 104 valence electrons. The van der Waals surface area contributed by atoms with E-state index < -0.39 is 0 Å². The van der Waals surface area contributed by atoms with Gasteiger partial charge in [0.25, 0.3) is 0 Å². The van der Waals surface area contributed by atoms with Gasteiger partial charge in [0, 0.05) is 12.8 Å². The van der Waals surface area contributed by atoms with Crippen molar-refractivity contribution in [1.29, 1.82) is 0 Å². The number of rotatable bonds is 5. The van der Waals surface area contributed by atoms with Crippen LogP contribution in [0.4, 0.5) is 0 Å². The molecule has 2 aliphatic heterocycles. The summed E-state index contributed by atoms with van der Waals surface area (Å²) in [6.07, 6.45) is 4.43. The van der Waals surface area contributed by atoms with Crippen molar-refractivity contribution in [3.8, 4) is 0 Å². The van der Waals surface area contributed by atoms with Gasteiger partial charge in [-0.05, 0) is 25.9 Å². The summed E-state index contributed by atoms with van der Waals surface area (Å²) in [4.78, 5) is 11.6. The van der Waals surface area contributed by atoms with E-state index in [1.807, 2.05) is 0 Å². The van der Waals surface area contributed by atoms with Crippen molar-refractivity contribution in [2.45, 2.75) is 44.3 Å². The maximum atomic E-state index is 11.6. The summed E-state index contributed by atoms with van der Waals surface area (Å²) in [5.41, 5.74) is 0. The lowest BCUT2D eigenvalue weighted by atomic mass is 10.1. The van der Waals surface area contributed by atoms with Gasteiger partial charge in [-0.25, -0.2) is 0 Å². The standard InChI is InChI=1S/C13H23NO4/c15-13(18-12-3-8-16-9-4-12)5-10-17-11-1-6-14-7-2-11/h11-12,14H,1-10H2. The predicted octanol–water partition coefficient (Wildman–Crippen LogP) is 0.867. The zero-order valence-corrected chi connectivity index (χ0v) is 10.9. The van der Waals surface area contributed by atoms with Gasteiger partial charge in [-0.15, -0.1) is 0 Å². The maximum absolute atomic E-state index is 11.6. The SMILES string of the molecule is O=C(CCOC1CCNCC1)OC1CCOCC1. The summed E-state index contributed by atoms with van der Waals surface area (Å²) >= 11 is 0. The van der Waals surface area contributed by atoms with E-state index >= 15 is 0 Å². The summed E-state index contributed by atoms with van der Waals surface area (Å²) in [5, 5.41) is 3.28. The number of esters is 1. The minimum absolute atomic E-state index is 0.0464. The van der Waals surface area contributed by atoms with Crippen molar-refractivity contribution >= 4 is 5.97 Å². The van der Waals surface area contributed by atoms with E-state index in [4.69, 9.17) is 14.2 Å². The van der Waals surface area contributed by atoms with E-state index in [0.29, 0.717) is 32.3 Å². The molecule has 2 aliphatic rings. The van der Waals surface area contributed by atoms with E-state index in [1.54, 1.807) is 0 Å². The third kappa shape index (κ3) is 4.92. The molecule has 0 aromatic carbocycles. The number of carbonyl (C=O) groups excluding carboxylic acids is 1. The molecule has 0 spiro atoms. The second kappa shape index (κ2) is 7.71. The van der Waals surface area contributed by atoms with E-state index in [2.05, 4.69) is 5.32 Å². The molecule has 0 radical (unpaired) electrons. The first-order valence-electron chi connectivity index (χ1n) is 6.94. The van der Waals surface area contributed by atoms with E-state index in [-0.39, 0.29) is 12.1 Å². The normalized spacial score (nSPS) is 22.9. The molecular weight excluding hydrogens is 234 g/mol. The molecule has 5 heteroatoms. The molecule has 0 atom stereocenters. The Bertz CT molecular complexity index is 247. The Morgan fingerprint density at radius 3 is 2.56 bits per heavy atom. The quantitative estimate of drug-likeness (QED) is 0.741. The van der Waals surface area contributed by atoms with Crippen molar-refractivity contribution in [3.63, 3.8) is 0 Å². The third-order valence-corrected chi connectivity index (χ3v) is 3.41. The number of hydrogen-bond donors (Lipinski definition) is 1. The summed E-state index contributed by atoms with van der Waals surface area (Å²) in [6, 6.07) is 0. The van der Waals surface area contributed by atoms with Crippen LogP contribution in [0.3, 0.4) is 0 Å². The van der Waals surface area contributed by atoms with Gasteiger partial charge in [0.15, 0.2) is 0 Å². The van der Waals surface area contributed by atoms with Crippen LogP contribution in [0, 0.1) is 0 Å². The molecule has 0 unspecified atom stereocenters. The first-order valence-corrected chi connectivity index (χ1v) is 6.94. The molecule has 0 bridgehead atoms. The van der Waals surface area contributed by atoms with Crippen molar-refractivity contribution < 1.29 is 19.0 Å². The highest BCUT2D eigenvalue weighted by Crippen LogP contribution is 2.12. The van der Waals surface area contributed by atoms with Crippen LogP contribution < -0.4 is 5.32 Å². The van der Waals surface area contributed by atoms with Crippen LogP contribution >= 0.6 is 0 Å². The van der Waals surface area contributed by atoms with Gasteiger partial charge < -0.3 is 19.5 Å². The van der Waals surface area contributed by atoms with Crippen molar-refractivity contribution in [2.24, 2.45) is 0 Å². The van der Waals surface area contributed by atoms with Gasteiger partial charge in [-0.2, -0.15) is 0 Å². The Kier molecular flexibility index (Phi) is 5.90. The number of carbonyl (C=O) groups is 1. The first kappa shape index (κ1) is 13.8. The van der Waals surface area contributed by atoms with Crippen LogP contribution in [0.2, 0.25) is 0 Å². The molecule has 2 rings (SSSR count). The lowest BCUT2D eigenvalue weighted by molar-refractivity contribution is -0.154. The van der Waals surface area contributed by atoms with Crippen molar-refractivity contribution in [2.75, 3.05) is 32.9 Å². The predicted molar refractivity (Wildman–Crippen MR) is 66.4 cm³/mol. The number of piperidine rings is 1. The molecule has 0 aliphatic carbocycles. The maximum Gasteiger partial charge on any atom is 0.308 e. The summed E-state index contributed by atoms with van der Waals surface area (Å²) in [5.74, 6) is -0.143. The summed E-state index contributed by atoms with van der Waals surface area (Å²) < 4.78 is 16.3. The topological polar surface area (TPSA) is 56.8 Å². The van der Waals surface area contributed by atoms with Crippen LogP contribution in [0.15, 0.2) is 0 Å². The number of nitrogens with one attached hydrogen (secondary N) is 1. The van der Waals surface area contributed by atoms with Gasteiger partial charge in [-0.3, -0.25) is 4.79 Å². The number of hydrogen-bond acceptors (Lipinski definition) is 5. The van der Waals surface area contributed by atoms with Gasteiger partial charge in [-0.1, -0.05) is 0 Å². The largest absolute Gasteiger partial charge is 0.462 e. The molecule has 1 N–H and O–H groups in total. The number of ether oxygens (including phenoxy) is 3. The molecule has 2 fully saturated rings. The summed E-state index contributed by atoms with van der Waals surface area (Å²) in [7, 11) is 0. The zero-order chi connectivity index (χ0) is 12.6. The Hall–Kier alpha value is -0.650. The van der Waals surface area contributed by atoms with Gasteiger partial charge in [0.1, 0.15) is 6.10 Å². The minimum atomic E-state index is -0.143. The fraction of sp³-hybridized carbons (Fsp3) is 0.923. The molecule has 0 amide bonds. The fourth-order valence-corrected chi connectivity index (χ4v) is 2.31. The Morgan fingerprint density at radius 1 is 1.11 bits per heavy atom. The average Bonchev–Trinajstić information content (AvgIpc) is 2.41. The smallest absolute Gasteiger partial charge is 0.308 e. The molecule has 2 saturated heterocycles. The van der Waals surface area contributed by atoms with E-state index in [9.17, 15) is 4.79 Å². The molecule has 0 aromatic rings. The minimum Gasteiger partial charge on any atom is -0.462 e. The van der Waals surface area contributed by atoms with Gasteiger partial charge in [0.05, 0.1) is 32.3 Å². The fourth-order valence-electron chi connectivity index (χ4n) is 2.31. The first-order chi connectivity index (χ1) is 8.84. The highest BCUT2D eigenvalue weighted by atomic mass is 16.6. The Balaban J connectivity index is 1.53. The van der Waals surface area contributed by atoms with Crippen molar-refractivity contribution in [3.05, 3.63) is 0 Å². The van der Waals surface area contributed by atoms with Crippen LogP contribution in [0.5, 0.6) is 0 Å². The van der Waals surface area contributed by atoms with E-state index in [0.717, 1.165) is 38.8 Å². The highest BCUT2D eigenvalue weighted by Gasteiger charge is 2.18. The van der Waals surface area contributed by atoms with Gasteiger partial charge in [0.2, 0.25) is 0 Å². The van der Waals surface area contributed by atoms with Crippen LogP contribution in [0.25, 0.3) is 0 Å². The van der Waals surface area contributed by atoms with Crippen LogP contribution in [-0.2, 0) is 19.0 Å². The van der Waals surface area contributed by atoms with E-state index in [1.165, 1.54) is 0 Å². The molecule has 18 heavy (non-hydrogen) atoms. The Morgan fingerprint density at radius 2 is 1.83 bits per heavy atom. The molecule has 5 nitrogen and oxygen atoms in total. The second-order valence-electron chi connectivity index (χ2n) is 4.87. The third-order valence-electron chi connectivity index (χ3n) is 3.41.